The predicted molar refractivity (Wildman–Crippen MR) is 57.4 cm³/mol. The van der Waals surface area contributed by atoms with E-state index in [1.54, 1.807) is 6.33 Å². The summed E-state index contributed by atoms with van der Waals surface area (Å²) in [5, 5.41) is 7.80. The van der Waals surface area contributed by atoms with Crippen molar-refractivity contribution < 1.29 is 0 Å². The molecule has 2 unspecified atom stereocenters. The molecule has 0 aliphatic carbocycles. The number of rotatable bonds is 2. The molecule has 0 saturated carbocycles. The Hall–Kier alpha value is -0.900. The number of aromatic nitrogens is 3. The third-order valence-electron chi connectivity index (χ3n) is 3.85. The van der Waals surface area contributed by atoms with E-state index in [4.69, 9.17) is 0 Å². The smallest absolute Gasteiger partial charge is 0.138 e. The van der Waals surface area contributed by atoms with Gasteiger partial charge in [0, 0.05) is 25.6 Å². The molecule has 82 valence electrons. The van der Waals surface area contributed by atoms with Crippen molar-refractivity contribution in [2.24, 2.45) is 13.0 Å². The minimum absolute atomic E-state index is 0.780. The van der Waals surface area contributed by atoms with Gasteiger partial charge in [0.2, 0.25) is 0 Å². The lowest BCUT2D eigenvalue weighted by Crippen LogP contribution is -2.38. The van der Waals surface area contributed by atoms with Crippen LogP contribution < -0.4 is 5.32 Å². The van der Waals surface area contributed by atoms with Crippen LogP contribution >= 0.6 is 0 Å². The number of nitrogens with zero attached hydrogens (tertiary/aromatic N) is 3. The first-order valence-corrected chi connectivity index (χ1v) is 5.90. The molecule has 1 aromatic heterocycles. The van der Waals surface area contributed by atoms with Crippen molar-refractivity contribution in [2.45, 2.75) is 44.2 Å². The minimum Gasteiger partial charge on any atom is -0.311 e. The summed E-state index contributed by atoms with van der Waals surface area (Å²) in [5.41, 5.74) is 0. The molecule has 2 bridgehead atoms. The summed E-state index contributed by atoms with van der Waals surface area (Å²) in [5.74, 6) is 1.95. The molecular formula is C11H18N4. The van der Waals surface area contributed by atoms with Crippen LogP contribution in [0.5, 0.6) is 0 Å². The van der Waals surface area contributed by atoms with Gasteiger partial charge in [-0.2, -0.15) is 5.10 Å². The summed E-state index contributed by atoms with van der Waals surface area (Å²) in [7, 11) is 1.98. The molecule has 2 fully saturated rings. The van der Waals surface area contributed by atoms with Crippen LogP contribution in [0.2, 0.25) is 0 Å². The van der Waals surface area contributed by atoms with E-state index in [9.17, 15) is 0 Å². The van der Waals surface area contributed by atoms with Gasteiger partial charge in [0.25, 0.3) is 0 Å². The summed E-state index contributed by atoms with van der Waals surface area (Å²) in [4.78, 5) is 4.31. The lowest BCUT2D eigenvalue weighted by atomic mass is 9.89. The van der Waals surface area contributed by atoms with Gasteiger partial charge in [0.15, 0.2) is 0 Å². The van der Waals surface area contributed by atoms with Crippen molar-refractivity contribution in [2.75, 3.05) is 0 Å². The molecule has 0 spiro atoms. The van der Waals surface area contributed by atoms with E-state index in [0.29, 0.717) is 0 Å². The number of hydrogen-bond acceptors (Lipinski definition) is 3. The quantitative estimate of drug-likeness (QED) is 0.781. The molecule has 1 N–H and O–H groups in total. The van der Waals surface area contributed by atoms with E-state index in [-0.39, 0.29) is 0 Å². The van der Waals surface area contributed by atoms with Gasteiger partial charge in [-0.05, 0) is 31.6 Å². The van der Waals surface area contributed by atoms with Gasteiger partial charge in [0.1, 0.15) is 12.2 Å². The van der Waals surface area contributed by atoms with E-state index in [0.717, 1.165) is 30.2 Å². The molecule has 3 heterocycles. The van der Waals surface area contributed by atoms with Gasteiger partial charge in [0.05, 0.1) is 0 Å². The Kier molecular flexibility index (Phi) is 2.24. The molecule has 0 radical (unpaired) electrons. The summed E-state index contributed by atoms with van der Waals surface area (Å²) in [6.07, 6.45) is 8.16. The zero-order valence-corrected chi connectivity index (χ0v) is 9.19. The first-order valence-electron chi connectivity index (χ1n) is 5.90. The lowest BCUT2D eigenvalue weighted by molar-refractivity contribution is 0.293. The predicted octanol–water partition coefficient (Wildman–Crippen LogP) is 0.888. The Morgan fingerprint density at radius 3 is 2.73 bits per heavy atom. The van der Waals surface area contributed by atoms with Gasteiger partial charge in [-0.3, -0.25) is 4.68 Å². The molecule has 15 heavy (non-hydrogen) atoms. The van der Waals surface area contributed by atoms with E-state index >= 15 is 0 Å². The maximum Gasteiger partial charge on any atom is 0.138 e. The van der Waals surface area contributed by atoms with E-state index in [1.165, 1.54) is 25.7 Å². The van der Waals surface area contributed by atoms with Crippen LogP contribution in [-0.2, 0) is 13.5 Å². The fourth-order valence-electron chi connectivity index (χ4n) is 3.10. The molecule has 2 saturated heterocycles. The topological polar surface area (TPSA) is 42.7 Å². The van der Waals surface area contributed by atoms with E-state index < -0.39 is 0 Å². The maximum atomic E-state index is 4.31. The van der Waals surface area contributed by atoms with Gasteiger partial charge in [-0.25, -0.2) is 4.98 Å². The third-order valence-corrected chi connectivity index (χ3v) is 3.85. The van der Waals surface area contributed by atoms with Crippen LogP contribution in [0.15, 0.2) is 6.33 Å². The highest BCUT2D eigenvalue weighted by Crippen LogP contribution is 2.32. The van der Waals surface area contributed by atoms with Crippen molar-refractivity contribution in [1.82, 2.24) is 20.1 Å². The highest BCUT2D eigenvalue weighted by atomic mass is 15.3. The molecule has 4 heteroatoms. The zero-order valence-electron chi connectivity index (χ0n) is 9.19. The van der Waals surface area contributed by atoms with Crippen LogP contribution in [0.3, 0.4) is 0 Å². The van der Waals surface area contributed by atoms with Gasteiger partial charge < -0.3 is 5.32 Å². The number of aryl methyl sites for hydroxylation is 1. The third kappa shape index (κ3) is 1.78. The molecule has 2 atom stereocenters. The number of piperidine rings is 1. The van der Waals surface area contributed by atoms with Crippen LogP contribution in [-0.4, -0.2) is 26.8 Å². The van der Waals surface area contributed by atoms with Gasteiger partial charge in [-0.15, -0.1) is 0 Å². The van der Waals surface area contributed by atoms with E-state index in [2.05, 4.69) is 15.4 Å². The Morgan fingerprint density at radius 1 is 1.40 bits per heavy atom. The largest absolute Gasteiger partial charge is 0.311 e. The molecule has 0 aromatic carbocycles. The minimum atomic E-state index is 0.780. The highest BCUT2D eigenvalue weighted by Gasteiger charge is 2.33. The molecule has 0 amide bonds. The highest BCUT2D eigenvalue weighted by molar-refractivity contribution is 4.96. The molecule has 2 aliphatic rings. The summed E-state index contributed by atoms with van der Waals surface area (Å²) < 4.78 is 1.91. The van der Waals surface area contributed by atoms with Crippen LogP contribution in [0.1, 0.15) is 31.5 Å². The van der Waals surface area contributed by atoms with Crippen LogP contribution in [0.25, 0.3) is 0 Å². The van der Waals surface area contributed by atoms with E-state index in [1.807, 2.05) is 11.7 Å². The standard InChI is InChI=1S/C11H18N4/c1-15-11(12-7-13-15)6-8-4-9-2-3-10(5-8)14-9/h7-10,14H,2-6H2,1H3. The van der Waals surface area contributed by atoms with Crippen LogP contribution in [0, 0.1) is 5.92 Å². The van der Waals surface area contributed by atoms with Crippen molar-refractivity contribution in [3.05, 3.63) is 12.2 Å². The molecule has 1 aromatic rings. The second kappa shape index (κ2) is 3.59. The average molecular weight is 206 g/mol. The molecule has 3 rings (SSSR count). The van der Waals surface area contributed by atoms with Crippen molar-refractivity contribution >= 4 is 0 Å². The second-order valence-electron chi connectivity index (χ2n) is 4.98. The summed E-state index contributed by atoms with van der Waals surface area (Å²) in [6, 6.07) is 1.56. The zero-order chi connectivity index (χ0) is 10.3. The SMILES string of the molecule is Cn1ncnc1CC1CC2CCC(C1)N2. The Morgan fingerprint density at radius 2 is 2.13 bits per heavy atom. The summed E-state index contributed by atoms with van der Waals surface area (Å²) >= 11 is 0. The first kappa shape index (κ1) is 9.33. The monoisotopic (exact) mass is 206 g/mol. The Balaban J connectivity index is 1.67. The lowest BCUT2D eigenvalue weighted by Gasteiger charge is -2.28. The number of fused-ring (bicyclic) bond motifs is 2. The first-order chi connectivity index (χ1) is 7.31. The maximum absolute atomic E-state index is 4.31. The Labute approximate surface area is 90.1 Å². The van der Waals surface area contributed by atoms with Crippen LogP contribution in [0.4, 0.5) is 0 Å². The normalized spacial score (nSPS) is 34.6. The number of hydrogen-bond donors (Lipinski definition) is 1. The van der Waals surface area contributed by atoms with Crippen molar-refractivity contribution in [3.63, 3.8) is 0 Å². The fourth-order valence-corrected chi connectivity index (χ4v) is 3.10. The Bertz CT molecular complexity index is 334. The number of nitrogens with one attached hydrogen (secondary N) is 1. The van der Waals surface area contributed by atoms with Crippen molar-refractivity contribution in [1.29, 1.82) is 0 Å². The molecular weight excluding hydrogens is 188 g/mol. The average Bonchev–Trinajstić information content (AvgIpc) is 2.75. The van der Waals surface area contributed by atoms with Gasteiger partial charge >= 0.3 is 0 Å². The second-order valence-corrected chi connectivity index (χ2v) is 4.98. The molecule has 2 aliphatic heterocycles. The van der Waals surface area contributed by atoms with Crippen molar-refractivity contribution in [3.8, 4) is 0 Å². The fraction of sp³-hybridized carbons (Fsp3) is 0.818. The summed E-state index contributed by atoms with van der Waals surface area (Å²) in [6.45, 7) is 0. The molecule has 4 nitrogen and oxygen atoms in total. The van der Waals surface area contributed by atoms with Gasteiger partial charge in [-0.1, -0.05) is 0 Å².